The number of nitrogens with zero attached hydrogens (tertiary/aromatic N) is 7. The third-order valence-corrected chi connectivity index (χ3v) is 5.22. The predicted molar refractivity (Wildman–Crippen MR) is 129 cm³/mol. The molecule has 0 N–H and O–H groups in total. The molecule has 1 saturated heterocycles. The number of aryl methyl sites for hydroxylation is 1. The van der Waals surface area contributed by atoms with Gasteiger partial charge in [-0.05, 0) is 68.6 Å². The van der Waals surface area contributed by atoms with Crippen LogP contribution in [-0.2, 0) is 0 Å². The molecule has 1 aromatic carbocycles. The van der Waals surface area contributed by atoms with Gasteiger partial charge in [-0.3, -0.25) is 5.01 Å². The molecule has 0 bridgehead atoms. The summed E-state index contributed by atoms with van der Waals surface area (Å²) in [7, 11) is 1.59. The Morgan fingerprint density at radius 2 is 2.00 bits per heavy atom. The Morgan fingerprint density at radius 3 is 2.70 bits per heavy atom. The molecule has 2 aromatic heterocycles. The number of aliphatic imine (C=N–C) groups is 1. The highest BCUT2D eigenvalue weighted by atomic mass is 19.1. The number of anilines is 1. The van der Waals surface area contributed by atoms with Crippen LogP contribution in [0, 0.1) is 12.7 Å². The van der Waals surface area contributed by atoms with Crippen LogP contribution in [0.25, 0.3) is 11.8 Å². The van der Waals surface area contributed by atoms with Crippen LogP contribution < -0.4 is 9.64 Å². The van der Waals surface area contributed by atoms with Crippen molar-refractivity contribution in [2.75, 3.05) is 31.8 Å². The third kappa shape index (κ3) is 5.43. The molecule has 3 aromatic rings. The zero-order valence-electron chi connectivity index (χ0n) is 18.7. The van der Waals surface area contributed by atoms with E-state index >= 15 is 0 Å². The lowest BCUT2D eigenvalue weighted by atomic mass is 10.2. The Hall–Kier alpha value is -4.01. The molecule has 0 spiro atoms. The number of methoxy groups -OCH3 is 1. The summed E-state index contributed by atoms with van der Waals surface area (Å²) in [4.78, 5) is 15.0. The van der Waals surface area contributed by atoms with E-state index in [2.05, 4.69) is 31.7 Å². The van der Waals surface area contributed by atoms with E-state index in [0.717, 1.165) is 36.6 Å². The predicted octanol–water partition coefficient (Wildman–Crippen LogP) is 3.92. The van der Waals surface area contributed by atoms with Crippen molar-refractivity contribution in [3.8, 4) is 11.6 Å². The summed E-state index contributed by atoms with van der Waals surface area (Å²) in [6, 6.07) is 10.3. The Bertz CT molecular complexity index is 1170. The van der Waals surface area contributed by atoms with E-state index in [9.17, 15) is 4.39 Å². The molecule has 33 heavy (non-hydrogen) atoms. The van der Waals surface area contributed by atoms with Crippen molar-refractivity contribution in [3.05, 3.63) is 72.2 Å². The fourth-order valence-corrected chi connectivity index (χ4v) is 3.59. The highest BCUT2D eigenvalue weighted by Gasteiger charge is 2.17. The fourth-order valence-electron chi connectivity index (χ4n) is 3.59. The van der Waals surface area contributed by atoms with Crippen molar-refractivity contribution in [1.29, 1.82) is 0 Å². The Balaban J connectivity index is 1.48. The Kier molecular flexibility index (Phi) is 6.77. The summed E-state index contributed by atoms with van der Waals surface area (Å²) in [6.07, 6.45) is 8.16. The van der Waals surface area contributed by atoms with Crippen LogP contribution in [0.3, 0.4) is 0 Å². The number of aromatic nitrogens is 3. The van der Waals surface area contributed by atoms with Crippen molar-refractivity contribution in [1.82, 2.24) is 19.5 Å². The minimum atomic E-state index is -0.243. The van der Waals surface area contributed by atoms with Gasteiger partial charge in [0.2, 0.25) is 5.88 Å². The summed E-state index contributed by atoms with van der Waals surface area (Å²) in [5, 5.41) is 6.55. The maximum Gasteiger partial charge on any atom is 0.238 e. The van der Waals surface area contributed by atoms with Crippen LogP contribution in [-0.4, -0.2) is 59.0 Å². The number of ether oxygens (including phenoxy) is 1. The Morgan fingerprint density at radius 1 is 1.18 bits per heavy atom. The molecule has 1 aliphatic rings. The quantitative estimate of drug-likeness (QED) is 0.423. The second-order valence-electron chi connectivity index (χ2n) is 7.60. The van der Waals surface area contributed by atoms with Crippen LogP contribution in [0.1, 0.15) is 17.8 Å². The second-order valence-corrected chi connectivity index (χ2v) is 7.60. The second kappa shape index (κ2) is 10.1. The monoisotopic (exact) mass is 447 g/mol. The zero-order chi connectivity index (χ0) is 23.2. The van der Waals surface area contributed by atoms with E-state index in [-0.39, 0.29) is 5.82 Å². The maximum atomic E-state index is 13.2. The molecule has 4 rings (SSSR count). The van der Waals surface area contributed by atoms with Gasteiger partial charge in [0, 0.05) is 25.0 Å². The van der Waals surface area contributed by atoms with Crippen LogP contribution in [0.5, 0.6) is 5.88 Å². The zero-order valence-corrected chi connectivity index (χ0v) is 18.7. The molecule has 8 nitrogen and oxygen atoms in total. The van der Waals surface area contributed by atoms with Gasteiger partial charge in [0.15, 0.2) is 5.84 Å². The van der Waals surface area contributed by atoms with Crippen molar-refractivity contribution in [3.63, 3.8) is 0 Å². The van der Waals surface area contributed by atoms with Gasteiger partial charge in [-0.1, -0.05) is 0 Å². The van der Waals surface area contributed by atoms with Crippen LogP contribution in [0.4, 0.5) is 10.1 Å². The summed E-state index contributed by atoms with van der Waals surface area (Å²) < 4.78 is 20.6. The number of hydrazone groups is 1. The largest absolute Gasteiger partial charge is 0.479 e. The van der Waals surface area contributed by atoms with E-state index in [1.54, 1.807) is 31.6 Å². The SMILES string of the molecule is C=NC(/C=C/c1ccc(-n2cnc(C)c2)c(OC)n1)=N\N1CCCN(c2ccc(F)cc2)C1. The lowest BCUT2D eigenvalue weighted by Crippen LogP contribution is -2.42. The minimum absolute atomic E-state index is 0.243. The summed E-state index contributed by atoms with van der Waals surface area (Å²) in [6.45, 7) is 7.85. The maximum absolute atomic E-state index is 13.2. The van der Waals surface area contributed by atoms with E-state index in [1.165, 1.54) is 12.1 Å². The van der Waals surface area contributed by atoms with Crippen LogP contribution in [0.2, 0.25) is 0 Å². The number of benzene rings is 1. The smallest absolute Gasteiger partial charge is 0.238 e. The standard InChI is InChI=1S/C24H26FN7O/c1-18-15-31(16-27-18)22-11-7-20(28-24(22)33-3)8-12-23(26-2)29-32-14-4-13-30(17-32)21-9-5-19(25)6-10-21/h5-12,15-16H,2,4,13-14,17H2,1,3H3/b12-8+,29-23-. The molecule has 0 radical (unpaired) electrons. The van der Waals surface area contributed by atoms with Gasteiger partial charge < -0.3 is 14.2 Å². The molecule has 3 heterocycles. The number of halogens is 1. The summed E-state index contributed by atoms with van der Waals surface area (Å²) >= 11 is 0. The molecular weight excluding hydrogens is 421 g/mol. The average Bonchev–Trinajstić information content (AvgIpc) is 3.28. The molecule has 0 aliphatic carbocycles. The number of hydrogen-bond donors (Lipinski definition) is 0. The van der Waals surface area contributed by atoms with Crippen molar-refractivity contribution in [2.45, 2.75) is 13.3 Å². The Labute approximate surface area is 192 Å². The van der Waals surface area contributed by atoms with Crippen LogP contribution in [0.15, 0.2) is 65.1 Å². The number of rotatable bonds is 6. The summed E-state index contributed by atoms with van der Waals surface area (Å²) in [5.41, 5.74) is 3.38. The first-order valence-corrected chi connectivity index (χ1v) is 10.6. The van der Waals surface area contributed by atoms with Gasteiger partial charge in [-0.2, -0.15) is 5.10 Å². The molecular formula is C24H26FN7O. The molecule has 170 valence electrons. The fraction of sp³-hybridized carbons (Fsp3) is 0.250. The van der Waals surface area contributed by atoms with Gasteiger partial charge in [0.05, 0.1) is 24.8 Å². The van der Waals surface area contributed by atoms with E-state index < -0.39 is 0 Å². The molecule has 1 fully saturated rings. The minimum Gasteiger partial charge on any atom is -0.479 e. The number of imidazole rings is 1. The molecule has 9 heteroatoms. The number of pyridine rings is 1. The highest BCUT2D eigenvalue weighted by Crippen LogP contribution is 2.22. The highest BCUT2D eigenvalue weighted by molar-refractivity contribution is 5.98. The third-order valence-electron chi connectivity index (χ3n) is 5.22. The first-order chi connectivity index (χ1) is 16.1. The van der Waals surface area contributed by atoms with E-state index in [1.807, 2.05) is 40.9 Å². The normalized spacial score (nSPS) is 14.7. The number of hydrogen-bond acceptors (Lipinski definition) is 6. The lowest BCUT2D eigenvalue weighted by Gasteiger charge is -2.35. The number of amidine groups is 1. The topological polar surface area (TPSA) is 71.1 Å². The van der Waals surface area contributed by atoms with Gasteiger partial charge in [0.1, 0.15) is 18.2 Å². The molecule has 0 saturated carbocycles. The molecule has 0 unspecified atom stereocenters. The van der Waals surface area contributed by atoms with Crippen LogP contribution >= 0.6 is 0 Å². The van der Waals surface area contributed by atoms with Crippen molar-refractivity contribution >= 4 is 24.3 Å². The van der Waals surface area contributed by atoms with Crippen molar-refractivity contribution in [2.24, 2.45) is 10.1 Å². The van der Waals surface area contributed by atoms with E-state index in [0.29, 0.717) is 24.1 Å². The first kappa shape index (κ1) is 22.2. The van der Waals surface area contributed by atoms with E-state index in [4.69, 9.17) is 4.74 Å². The lowest BCUT2D eigenvalue weighted by molar-refractivity contribution is 0.252. The van der Waals surface area contributed by atoms with Gasteiger partial charge in [-0.15, -0.1) is 0 Å². The molecule has 0 atom stereocenters. The molecule has 0 amide bonds. The van der Waals surface area contributed by atoms with Gasteiger partial charge in [-0.25, -0.2) is 19.4 Å². The first-order valence-electron chi connectivity index (χ1n) is 10.6. The van der Waals surface area contributed by atoms with Gasteiger partial charge >= 0.3 is 0 Å². The molecule has 1 aliphatic heterocycles. The summed E-state index contributed by atoms with van der Waals surface area (Å²) in [5.74, 6) is 0.726. The average molecular weight is 448 g/mol. The van der Waals surface area contributed by atoms with Gasteiger partial charge in [0.25, 0.3) is 0 Å². The van der Waals surface area contributed by atoms with Crippen molar-refractivity contribution < 1.29 is 9.13 Å².